The first-order valence-electron chi connectivity index (χ1n) is 8.34. The van der Waals surface area contributed by atoms with Gasteiger partial charge in [0.1, 0.15) is 11.6 Å². The van der Waals surface area contributed by atoms with Crippen molar-refractivity contribution in [3.05, 3.63) is 63.1 Å². The van der Waals surface area contributed by atoms with Gasteiger partial charge >= 0.3 is 12.1 Å². The molecule has 2 aromatic carbocycles. The zero-order valence-electron chi connectivity index (χ0n) is 15.7. The number of alkyl halides is 3. The minimum atomic E-state index is -4.58. The van der Waals surface area contributed by atoms with E-state index in [1.54, 1.807) is 6.07 Å². The Morgan fingerprint density at radius 1 is 1.19 bits per heavy atom. The molecule has 0 saturated carbocycles. The van der Waals surface area contributed by atoms with Gasteiger partial charge in [0.15, 0.2) is 12.4 Å². The number of methoxy groups -OCH3 is 1. The van der Waals surface area contributed by atoms with Gasteiger partial charge in [0.05, 0.1) is 22.7 Å². The summed E-state index contributed by atoms with van der Waals surface area (Å²) in [5.74, 6) is -1.59. The third-order valence-electron chi connectivity index (χ3n) is 3.71. The number of nitrogens with zero attached hydrogens (tertiary/aromatic N) is 1. The van der Waals surface area contributed by atoms with Crippen LogP contribution >= 0.6 is 23.2 Å². The number of benzene rings is 2. The molecule has 0 heterocycles. The second-order valence-corrected chi connectivity index (χ2v) is 6.70. The highest BCUT2D eigenvalue weighted by Gasteiger charge is 2.30. The molecule has 2 rings (SSSR count). The maximum absolute atomic E-state index is 12.8. The van der Waals surface area contributed by atoms with Gasteiger partial charge in [-0.1, -0.05) is 29.3 Å². The molecule has 2 aromatic rings. The molecule has 0 aliphatic rings. The molecule has 11 heteroatoms. The normalized spacial score (nSPS) is 11.5. The molecule has 162 valence electrons. The standard InChI is InChI=1S/C20H13Cl2F3N2O4/c1-30-17(28)10-31-18-15(21)6-11(7-16(18)22)5-12(9-26)19(29)27-14-4-2-3-13(8-14)20(23,24)25/h2-8H,10H2,1H3,(H,27,29)/b12-5-. The Bertz CT molecular complexity index is 1060. The summed E-state index contributed by atoms with van der Waals surface area (Å²) in [4.78, 5) is 23.5. The molecular weight excluding hydrogens is 460 g/mol. The maximum atomic E-state index is 12.8. The third-order valence-corrected chi connectivity index (χ3v) is 4.27. The maximum Gasteiger partial charge on any atom is 0.416 e. The van der Waals surface area contributed by atoms with Gasteiger partial charge in [-0.2, -0.15) is 18.4 Å². The number of nitrogens with one attached hydrogen (secondary N) is 1. The number of rotatable bonds is 6. The quantitative estimate of drug-likeness (QED) is 0.358. The fraction of sp³-hybridized carbons (Fsp3) is 0.150. The van der Waals surface area contributed by atoms with Crippen LogP contribution in [0.3, 0.4) is 0 Å². The van der Waals surface area contributed by atoms with Crippen molar-refractivity contribution in [2.24, 2.45) is 0 Å². The van der Waals surface area contributed by atoms with Crippen LogP contribution in [0.4, 0.5) is 18.9 Å². The number of carbonyl (C=O) groups excluding carboxylic acids is 2. The van der Waals surface area contributed by atoms with Gasteiger partial charge in [-0.15, -0.1) is 0 Å². The average Bonchev–Trinajstić information content (AvgIpc) is 2.70. The van der Waals surface area contributed by atoms with Crippen molar-refractivity contribution in [1.82, 2.24) is 0 Å². The summed E-state index contributed by atoms with van der Waals surface area (Å²) in [6.45, 7) is -0.437. The lowest BCUT2D eigenvalue weighted by atomic mass is 10.1. The van der Waals surface area contributed by atoms with E-state index in [9.17, 15) is 28.0 Å². The smallest absolute Gasteiger partial charge is 0.416 e. The van der Waals surface area contributed by atoms with Crippen LogP contribution < -0.4 is 10.1 Å². The fourth-order valence-corrected chi connectivity index (χ4v) is 2.89. The molecule has 31 heavy (non-hydrogen) atoms. The first kappa shape index (κ1) is 24.1. The molecule has 0 unspecified atom stereocenters. The number of esters is 1. The van der Waals surface area contributed by atoms with Crippen molar-refractivity contribution in [3.63, 3.8) is 0 Å². The molecule has 0 aliphatic carbocycles. The SMILES string of the molecule is COC(=O)COc1c(Cl)cc(/C=C(/C#N)C(=O)Nc2cccc(C(F)(F)F)c2)cc1Cl. The van der Waals surface area contributed by atoms with E-state index < -0.39 is 35.8 Å². The van der Waals surface area contributed by atoms with Crippen molar-refractivity contribution >= 4 is 46.8 Å². The van der Waals surface area contributed by atoms with E-state index in [2.05, 4.69) is 10.1 Å². The molecule has 0 radical (unpaired) electrons. The van der Waals surface area contributed by atoms with Gasteiger partial charge in [0, 0.05) is 5.69 Å². The van der Waals surface area contributed by atoms with Crippen LogP contribution in [0.1, 0.15) is 11.1 Å². The lowest BCUT2D eigenvalue weighted by Crippen LogP contribution is -2.14. The summed E-state index contributed by atoms with van der Waals surface area (Å²) < 4.78 is 48.0. The van der Waals surface area contributed by atoms with Gasteiger partial charge in [0.25, 0.3) is 5.91 Å². The Morgan fingerprint density at radius 3 is 2.39 bits per heavy atom. The van der Waals surface area contributed by atoms with E-state index in [-0.39, 0.29) is 27.0 Å². The monoisotopic (exact) mass is 472 g/mol. The average molecular weight is 473 g/mol. The van der Waals surface area contributed by atoms with Gasteiger partial charge in [-0.05, 0) is 42.0 Å². The molecule has 0 aliphatic heterocycles. The summed E-state index contributed by atoms with van der Waals surface area (Å²) in [5, 5.41) is 11.5. The van der Waals surface area contributed by atoms with Crippen molar-refractivity contribution in [3.8, 4) is 11.8 Å². The summed E-state index contributed by atoms with van der Waals surface area (Å²) >= 11 is 12.2. The van der Waals surface area contributed by atoms with Gasteiger partial charge in [-0.3, -0.25) is 4.79 Å². The minimum Gasteiger partial charge on any atom is -0.479 e. The first-order chi connectivity index (χ1) is 14.5. The van der Waals surface area contributed by atoms with Crippen LogP contribution in [0.2, 0.25) is 10.0 Å². The van der Waals surface area contributed by atoms with Crippen molar-refractivity contribution < 1.29 is 32.2 Å². The predicted molar refractivity (Wildman–Crippen MR) is 108 cm³/mol. The summed E-state index contributed by atoms with van der Waals surface area (Å²) in [5.41, 5.74) is -1.25. The van der Waals surface area contributed by atoms with Crippen molar-refractivity contribution in [1.29, 1.82) is 5.26 Å². The van der Waals surface area contributed by atoms with Crippen LogP contribution in [0.5, 0.6) is 5.75 Å². The first-order valence-corrected chi connectivity index (χ1v) is 9.09. The molecule has 0 aromatic heterocycles. The van der Waals surface area contributed by atoms with Gasteiger partial charge in [-0.25, -0.2) is 4.79 Å². The van der Waals surface area contributed by atoms with Gasteiger partial charge < -0.3 is 14.8 Å². The highest BCUT2D eigenvalue weighted by Crippen LogP contribution is 2.35. The second kappa shape index (κ2) is 10.2. The zero-order chi connectivity index (χ0) is 23.2. The van der Waals surface area contributed by atoms with E-state index >= 15 is 0 Å². The summed E-state index contributed by atoms with van der Waals surface area (Å²) in [6, 6.07) is 8.30. The third kappa shape index (κ3) is 6.64. The van der Waals surface area contributed by atoms with E-state index in [4.69, 9.17) is 27.9 Å². The van der Waals surface area contributed by atoms with E-state index in [1.807, 2.05) is 0 Å². The van der Waals surface area contributed by atoms with E-state index in [0.29, 0.717) is 0 Å². The fourth-order valence-electron chi connectivity index (χ4n) is 2.28. The lowest BCUT2D eigenvalue weighted by Gasteiger charge is -2.11. The van der Waals surface area contributed by atoms with E-state index in [1.165, 1.54) is 25.3 Å². The van der Waals surface area contributed by atoms with Gasteiger partial charge in [0.2, 0.25) is 0 Å². The number of hydrogen-bond acceptors (Lipinski definition) is 5. The lowest BCUT2D eigenvalue weighted by molar-refractivity contribution is -0.143. The molecule has 0 spiro atoms. The van der Waals surface area contributed by atoms with Crippen LogP contribution in [0.15, 0.2) is 42.0 Å². The topological polar surface area (TPSA) is 88.4 Å². The Kier molecular flexibility index (Phi) is 7.91. The Balaban J connectivity index is 2.24. The molecule has 0 atom stereocenters. The largest absolute Gasteiger partial charge is 0.479 e. The highest BCUT2D eigenvalue weighted by molar-refractivity contribution is 6.37. The van der Waals surface area contributed by atoms with Crippen LogP contribution in [0.25, 0.3) is 6.08 Å². The molecule has 1 N–H and O–H groups in total. The number of amides is 1. The predicted octanol–water partition coefficient (Wildman–Crippen LogP) is 5.11. The number of anilines is 1. The molecule has 0 bridgehead atoms. The Morgan fingerprint density at radius 2 is 1.84 bits per heavy atom. The number of carbonyl (C=O) groups is 2. The summed E-state index contributed by atoms with van der Waals surface area (Å²) in [6.07, 6.45) is -3.44. The minimum absolute atomic E-state index is 0.00164. The second-order valence-electron chi connectivity index (χ2n) is 5.88. The van der Waals surface area contributed by atoms with Crippen LogP contribution in [-0.2, 0) is 20.5 Å². The van der Waals surface area contributed by atoms with Crippen LogP contribution in [0, 0.1) is 11.3 Å². The summed E-state index contributed by atoms with van der Waals surface area (Å²) in [7, 11) is 1.18. The molecular formula is C20H13Cl2F3N2O4. The number of nitriles is 1. The Labute approximate surface area is 184 Å². The number of hydrogen-bond donors (Lipinski definition) is 1. The number of ether oxygens (including phenoxy) is 2. The van der Waals surface area contributed by atoms with Crippen LogP contribution in [-0.4, -0.2) is 25.6 Å². The van der Waals surface area contributed by atoms with Crippen molar-refractivity contribution in [2.45, 2.75) is 6.18 Å². The number of halogens is 5. The molecule has 1 amide bonds. The zero-order valence-corrected chi connectivity index (χ0v) is 17.2. The van der Waals surface area contributed by atoms with E-state index in [0.717, 1.165) is 24.3 Å². The highest BCUT2D eigenvalue weighted by atomic mass is 35.5. The Hall–Kier alpha value is -3.22. The molecule has 6 nitrogen and oxygen atoms in total. The van der Waals surface area contributed by atoms with Crippen molar-refractivity contribution in [2.75, 3.05) is 19.0 Å². The molecule has 0 fully saturated rings. The molecule has 0 saturated heterocycles.